The van der Waals surface area contributed by atoms with E-state index in [0.29, 0.717) is 5.69 Å². The number of fused-ring (bicyclic) bond motifs is 1. The standard InChI is InChI=1S/C20H19N3O2/c1-12-9-13(2)20(18(25)10-12)16-4-6-19(22-21-16)23-8-7-14-11-15(24)3-5-17(14)23/h3-6,9-11,24-25H,7-8H2,1-2H3. The average Bonchev–Trinajstić information content (AvgIpc) is 2.97. The van der Waals surface area contributed by atoms with Crippen LogP contribution in [0.2, 0.25) is 0 Å². The number of anilines is 2. The second-order valence-electron chi connectivity index (χ2n) is 6.47. The van der Waals surface area contributed by atoms with E-state index in [1.54, 1.807) is 18.2 Å². The molecule has 0 aliphatic carbocycles. The van der Waals surface area contributed by atoms with Gasteiger partial charge < -0.3 is 15.1 Å². The van der Waals surface area contributed by atoms with Gasteiger partial charge in [-0.3, -0.25) is 0 Å². The second kappa shape index (κ2) is 5.77. The molecular formula is C20H19N3O2. The second-order valence-corrected chi connectivity index (χ2v) is 6.47. The molecule has 0 amide bonds. The fourth-order valence-corrected chi connectivity index (χ4v) is 3.51. The van der Waals surface area contributed by atoms with Gasteiger partial charge in [-0.2, -0.15) is 0 Å². The molecule has 1 aliphatic rings. The molecule has 25 heavy (non-hydrogen) atoms. The Balaban J connectivity index is 1.69. The smallest absolute Gasteiger partial charge is 0.155 e. The predicted octanol–water partition coefficient (Wildman–Crippen LogP) is 3.87. The van der Waals surface area contributed by atoms with Gasteiger partial charge in [-0.25, -0.2) is 0 Å². The Kier molecular flexibility index (Phi) is 3.57. The summed E-state index contributed by atoms with van der Waals surface area (Å²) < 4.78 is 0. The number of aromatic hydroxyl groups is 2. The maximum Gasteiger partial charge on any atom is 0.155 e. The van der Waals surface area contributed by atoms with Crippen molar-refractivity contribution in [3.8, 4) is 22.8 Å². The topological polar surface area (TPSA) is 69.5 Å². The average molecular weight is 333 g/mol. The van der Waals surface area contributed by atoms with E-state index in [1.807, 2.05) is 38.1 Å². The van der Waals surface area contributed by atoms with Crippen LogP contribution < -0.4 is 4.90 Å². The molecule has 0 fully saturated rings. The van der Waals surface area contributed by atoms with Gasteiger partial charge in [0.25, 0.3) is 0 Å². The predicted molar refractivity (Wildman–Crippen MR) is 97.4 cm³/mol. The Morgan fingerprint density at radius 3 is 2.52 bits per heavy atom. The first-order chi connectivity index (χ1) is 12.0. The van der Waals surface area contributed by atoms with E-state index in [9.17, 15) is 10.2 Å². The Morgan fingerprint density at radius 2 is 1.80 bits per heavy atom. The maximum atomic E-state index is 10.3. The first kappa shape index (κ1) is 15.4. The van der Waals surface area contributed by atoms with Crippen LogP contribution in [0, 0.1) is 13.8 Å². The van der Waals surface area contributed by atoms with Gasteiger partial charge in [-0.15, -0.1) is 10.2 Å². The van der Waals surface area contributed by atoms with Gasteiger partial charge in [-0.1, -0.05) is 6.07 Å². The molecule has 5 heteroatoms. The number of aryl methyl sites for hydroxylation is 2. The number of phenols is 2. The van der Waals surface area contributed by atoms with Crippen LogP contribution in [0.1, 0.15) is 16.7 Å². The first-order valence-electron chi connectivity index (χ1n) is 8.26. The lowest BCUT2D eigenvalue weighted by atomic mass is 10.0. The number of rotatable bonds is 2. The minimum Gasteiger partial charge on any atom is -0.508 e. The monoisotopic (exact) mass is 333 g/mol. The van der Waals surface area contributed by atoms with Gasteiger partial charge in [-0.05, 0) is 73.4 Å². The van der Waals surface area contributed by atoms with Crippen molar-refractivity contribution >= 4 is 11.5 Å². The van der Waals surface area contributed by atoms with Crippen LogP contribution in [0.4, 0.5) is 11.5 Å². The summed E-state index contributed by atoms with van der Waals surface area (Å²) in [7, 11) is 0. The van der Waals surface area contributed by atoms with Crippen LogP contribution >= 0.6 is 0 Å². The molecule has 5 nitrogen and oxygen atoms in total. The highest BCUT2D eigenvalue weighted by atomic mass is 16.3. The summed E-state index contributed by atoms with van der Waals surface area (Å²) in [4.78, 5) is 2.09. The zero-order valence-electron chi connectivity index (χ0n) is 14.2. The van der Waals surface area contributed by atoms with Gasteiger partial charge in [0.15, 0.2) is 5.82 Å². The molecule has 2 aromatic carbocycles. The molecule has 2 heterocycles. The van der Waals surface area contributed by atoms with Crippen LogP contribution in [0.15, 0.2) is 42.5 Å². The maximum absolute atomic E-state index is 10.3. The van der Waals surface area contributed by atoms with Crippen molar-refractivity contribution in [3.63, 3.8) is 0 Å². The molecule has 1 aromatic heterocycles. The van der Waals surface area contributed by atoms with Crippen LogP contribution in [0.5, 0.6) is 11.5 Å². The highest BCUT2D eigenvalue weighted by Crippen LogP contribution is 2.36. The fraction of sp³-hybridized carbons (Fsp3) is 0.200. The lowest BCUT2D eigenvalue weighted by Crippen LogP contribution is -2.15. The summed E-state index contributed by atoms with van der Waals surface area (Å²) in [6.45, 7) is 4.72. The van der Waals surface area contributed by atoms with Crippen molar-refractivity contribution < 1.29 is 10.2 Å². The van der Waals surface area contributed by atoms with Gasteiger partial charge in [0.1, 0.15) is 11.5 Å². The lowest BCUT2D eigenvalue weighted by Gasteiger charge is -2.18. The third-order valence-electron chi connectivity index (χ3n) is 4.60. The van der Waals surface area contributed by atoms with E-state index in [0.717, 1.165) is 46.7 Å². The normalized spacial score (nSPS) is 13.1. The van der Waals surface area contributed by atoms with Crippen LogP contribution in [0.3, 0.4) is 0 Å². The molecule has 1 aliphatic heterocycles. The van der Waals surface area contributed by atoms with E-state index in [4.69, 9.17) is 0 Å². The molecule has 0 spiro atoms. The summed E-state index contributed by atoms with van der Waals surface area (Å²) in [5.41, 5.74) is 5.52. The molecule has 126 valence electrons. The number of aromatic nitrogens is 2. The van der Waals surface area contributed by atoms with Gasteiger partial charge in [0, 0.05) is 17.8 Å². The Bertz CT molecular complexity index is 929. The molecule has 0 bridgehead atoms. The summed E-state index contributed by atoms with van der Waals surface area (Å²) in [6, 6.07) is 13.0. The van der Waals surface area contributed by atoms with Gasteiger partial charge in [0.2, 0.25) is 0 Å². The minimum absolute atomic E-state index is 0.224. The quantitative estimate of drug-likeness (QED) is 0.745. The van der Waals surface area contributed by atoms with E-state index in [-0.39, 0.29) is 11.5 Å². The van der Waals surface area contributed by atoms with Crippen molar-refractivity contribution in [1.82, 2.24) is 10.2 Å². The lowest BCUT2D eigenvalue weighted by molar-refractivity contribution is 0.474. The Labute approximate surface area is 146 Å². The number of hydrogen-bond acceptors (Lipinski definition) is 5. The summed E-state index contributed by atoms with van der Waals surface area (Å²) >= 11 is 0. The summed E-state index contributed by atoms with van der Waals surface area (Å²) in [5, 5.41) is 28.6. The zero-order valence-corrected chi connectivity index (χ0v) is 14.2. The van der Waals surface area contributed by atoms with Crippen molar-refractivity contribution in [2.75, 3.05) is 11.4 Å². The highest BCUT2D eigenvalue weighted by molar-refractivity contribution is 5.73. The van der Waals surface area contributed by atoms with Crippen molar-refractivity contribution in [1.29, 1.82) is 0 Å². The van der Waals surface area contributed by atoms with Gasteiger partial charge in [0.05, 0.1) is 5.69 Å². The molecule has 0 saturated heterocycles. The molecule has 3 aromatic rings. The highest BCUT2D eigenvalue weighted by Gasteiger charge is 2.22. The minimum atomic E-state index is 0.224. The van der Waals surface area contributed by atoms with Crippen molar-refractivity contribution in [2.45, 2.75) is 20.3 Å². The Morgan fingerprint density at radius 1 is 0.960 bits per heavy atom. The third-order valence-corrected chi connectivity index (χ3v) is 4.60. The zero-order chi connectivity index (χ0) is 17.6. The fourth-order valence-electron chi connectivity index (χ4n) is 3.51. The molecular weight excluding hydrogens is 314 g/mol. The number of nitrogens with zero attached hydrogens (tertiary/aromatic N) is 3. The number of phenolic OH excluding ortho intramolecular Hbond substituents is 2. The number of benzene rings is 2. The molecule has 0 radical (unpaired) electrons. The van der Waals surface area contributed by atoms with Crippen molar-refractivity contribution in [3.05, 3.63) is 59.2 Å². The van der Waals surface area contributed by atoms with Crippen LogP contribution in [-0.2, 0) is 6.42 Å². The van der Waals surface area contributed by atoms with Crippen molar-refractivity contribution in [2.24, 2.45) is 0 Å². The van der Waals surface area contributed by atoms with E-state index in [1.165, 1.54) is 0 Å². The summed E-state index contributed by atoms with van der Waals surface area (Å²) in [5.74, 6) is 1.27. The van der Waals surface area contributed by atoms with Crippen LogP contribution in [0.25, 0.3) is 11.3 Å². The molecule has 0 unspecified atom stereocenters. The molecule has 2 N–H and O–H groups in total. The third kappa shape index (κ3) is 2.67. The van der Waals surface area contributed by atoms with Gasteiger partial charge >= 0.3 is 0 Å². The molecule has 0 saturated carbocycles. The molecule has 0 atom stereocenters. The summed E-state index contributed by atoms with van der Waals surface area (Å²) in [6.07, 6.45) is 0.866. The van der Waals surface area contributed by atoms with E-state index in [2.05, 4.69) is 15.1 Å². The van der Waals surface area contributed by atoms with E-state index >= 15 is 0 Å². The largest absolute Gasteiger partial charge is 0.508 e. The SMILES string of the molecule is Cc1cc(C)c(-c2ccc(N3CCc4cc(O)ccc43)nn2)c(O)c1. The number of hydrogen-bond donors (Lipinski definition) is 2. The molecule has 4 rings (SSSR count). The first-order valence-corrected chi connectivity index (χ1v) is 8.26. The van der Waals surface area contributed by atoms with Crippen LogP contribution in [-0.4, -0.2) is 27.0 Å². The van der Waals surface area contributed by atoms with E-state index < -0.39 is 0 Å². The Hall–Kier alpha value is -3.08.